The molecule has 1 aliphatic rings. The number of hydrogen-bond donors (Lipinski definition) is 3. The summed E-state index contributed by atoms with van der Waals surface area (Å²) in [5.74, 6) is -1.67. The number of nitrogens with zero attached hydrogens (tertiary/aromatic N) is 2. The van der Waals surface area contributed by atoms with Crippen LogP contribution in [0.2, 0.25) is 0 Å². The number of anilines is 1. The molecule has 1 saturated heterocycles. The molecule has 1 fully saturated rings. The number of guanidine groups is 1. The van der Waals surface area contributed by atoms with Gasteiger partial charge in [-0.15, -0.1) is 24.0 Å². The molecule has 0 amide bonds. The highest BCUT2D eigenvalue weighted by Gasteiger charge is 2.25. The van der Waals surface area contributed by atoms with E-state index in [0.29, 0.717) is 36.8 Å². The molecule has 9 heteroatoms. The molecular formula is C20H24F3IN4O. The number of hydrogen-bond acceptors (Lipinski definition) is 3. The Kier molecular flexibility index (Phi) is 8.42. The van der Waals surface area contributed by atoms with Crippen LogP contribution in [0.1, 0.15) is 18.9 Å². The maximum Gasteiger partial charge on any atom is 0.191 e. The molecule has 3 N–H and O–H groups in total. The molecule has 29 heavy (non-hydrogen) atoms. The van der Waals surface area contributed by atoms with Crippen LogP contribution in [0.25, 0.3) is 0 Å². The molecule has 5 nitrogen and oxygen atoms in total. The zero-order valence-corrected chi connectivity index (χ0v) is 18.3. The van der Waals surface area contributed by atoms with Crippen molar-refractivity contribution in [2.45, 2.75) is 25.9 Å². The standard InChI is InChI=1S/C20H23F3N4O.HI/c1-2-24-20(25-11-13-3-6-19(28)17(23)9-13)26-15-7-8-27(12-15)18-5-4-14(21)10-16(18)22;/h3-6,9-10,15,28H,2,7-8,11-12H2,1H3,(H2,24,25,26);1H. The summed E-state index contributed by atoms with van der Waals surface area (Å²) in [5, 5.41) is 15.7. The van der Waals surface area contributed by atoms with Crippen LogP contribution in [0.4, 0.5) is 18.9 Å². The van der Waals surface area contributed by atoms with E-state index in [1.807, 2.05) is 11.8 Å². The lowest BCUT2D eigenvalue weighted by atomic mass is 10.2. The fourth-order valence-corrected chi connectivity index (χ4v) is 3.17. The van der Waals surface area contributed by atoms with E-state index in [0.717, 1.165) is 12.5 Å². The van der Waals surface area contributed by atoms with Gasteiger partial charge in [-0.1, -0.05) is 6.07 Å². The normalized spacial score (nSPS) is 16.5. The van der Waals surface area contributed by atoms with Gasteiger partial charge in [0, 0.05) is 31.7 Å². The Morgan fingerprint density at radius 2 is 1.97 bits per heavy atom. The van der Waals surface area contributed by atoms with Crippen molar-refractivity contribution in [1.82, 2.24) is 10.6 Å². The van der Waals surface area contributed by atoms with Crippen molar-refractivity contribution >= 4 is 35.6 Å². The number of phenolic OH excluding ortho intramolecular Hbond substituents is 1. The number of phenols is 1. The van der Waals surface area contributed by atoms with Gasteiger partial charge in [0.1, 0.15) is 11.6 Å². The quantitative estimate of drug-likeness (QED) is 0.320. The molecule has 0 spiro atoms. The van der Waals surface area contributed by atoms with Gasteiger partial charge in [0.2, 0.25) is 0 Å². The average Bonchev–Trinajstić information content (AvgIpc) is 3.11. The highest BCUT2D eigenvalue weighted by atomic mass is 127. The molecule has 0 aromatic heterocycles. The molecule has 158 valence electrons. The van der Waals surface area contributed by atoms with Crippen molar-refractivity contribution in [2.75, 3.05) is 24.5 Å². The molecule has 1 unspecified atom stereocenters. The minimum atomic E-state index is -0.682. The van der Waals surface area contributed by atoms with Gasteiger partial charge in [0.25, 0.3) is 0 Å². The van der Waals surface area contributed by atoms with Crippen LogP contribution in [0, 0.1) is 17.5 Å². The summed E-state index contributed by atoms with van der Waals surface area (Å²) < 4.78 is 40.6. The number of nitrogens with one attached hydrogen (secondary N) is 2. The first-order chi connectivity index (χ1) is 13.5. The van der Waals surface area contributed by atoms with Gasteiger partial charge < -0.3 is 20.6 Å². The van der Waals surface area contributed by atoms with Crippen LogP contribution in [-0.4, -0.2) is 36.7 Å². The Bertz CT molecular complexity index is 866. The van der Waals surface area contributed by atoms with Crippen LogP contribution in [0.15, 0.2) is 41.4 Å². The molecule has 1 heterocycles. The number of aliphatic imine (C=N–C) groups is 1. The highest BCUT2D eigenvalue weighted by molar-refractivity contribution is 14.0. The third kappa shape index (κ3) is 6.15. The third-order valence-electron chi connectivity index (χ3n) is 4.56. The predicted molar refractivity (Wildman–Crippen MR) is 118 cm³/mol. The summed E-state index contributed by atoms with van der Waals surface area (Å²) in [7, 11) is 0. The van der Waals surface area contributed by atoms with E-state index in [4.69, 9.17) is 0 Å². The summed E-state index contributed by atoms with van der Waals surface area (Å²) in [6.07, 6.45) is 0.773. The van der Waals surface area contributed by atoms with E-state index in [9.17, 15) is 18.3 Å². The van der Waals surface area contributed by atoms with Gasteiger partial charge in [-0.2, -0.15) is 0 Å². The molecule has 1 aliphatic heterocycles. The van der Waals surface area contributed by atoms with Crippen molar-refractivity contribution in [3.8, 4) is 5.75 Å². The van der Waals surface area contributed by atoms with Crippen LogP contribution >= 0.6 is 24.0 Å². The second-order valence-corrected chi connectivity index (χ2v) is 6.65. The molecule has 2 aromatic carbocycles. The SMILES string of the molecule is CCNC(=NCc1ccc(O)c(F)c1)NC1CCN(c2ccc(F)cc2F)C1.I. The molecule has 0 saturated carbocycles. The second kappa shape index (κ2) is 10.6. The third-order valence-corrected chi connectivity index (χ3v) is 4.56. The molecule has 0 radical (unpaired) electrons. The molecule has 0 bridgehead atoms. The summed E-state index contributed by atoms with van der Waals surface area (Å²) >= 11 is 0. The van der Waals surface area contributed by atoms with Crippen LogP contribution in [-0.2, 0) is 6.54 Å². The van der Waals surface area contributed by atoms with E-state index >= 15 is 0 Å². The van der Waals surface area contributed by atoms with Gasteiger partial charge >= 0.3 is 0 Å². The van der Waals surface area contributed by atoms with Crippen LogP contribution < -0.4 is 15.5 Å². The lowest BCUT2D eigenvalue weighted by molar-refractivity contribution is 0.432. The smallest absolute Gasteiger partial charge is 0.191 e. The Morgan fingerprint density at radius 1 is 1.17 bits per heavy atom. The van der Waals surface area contributed by atoms with Crippen molar-refractivity contribution in [2.24, 2.45) is 4.99 Å². The number of benzene rings is 2. The Morgan fingerprint density at radius 3 is 2.66 bits per heavy atom. The fraction of sp³-hybridized carbons (Fsp3) is 0.350. The highest BCUT2D eigenvalue weighted by Crippen LogP contribution is 2.24. The Labute approximate surface area is 185 Å². The van der Waals surface area contributed by atoms with E-state index in [1.165, 1.54) is 24.3 Å². The number of rotatable bonds is 5. The maximum absolute atomic E-state index is 14.0. The lowest BCUT2D eigenvalue weighted by Crippen LogP contribution is -2.44. The van der Waals surface area contributed by atoms with Gasteiger partial charge in [0.05, 0.1) is 12.2 Å². The first-order valence-corrected chi connectivity index (χ1v) is 9.18. The fourth-order valence-electron chi connectivity index (χ4n) is 3.17. The summed E-state index contributed by atoms with van der Waals surface area (Å²) in [4.78, 5) is 6.32. The van der Waals surface area contributed by atoms with E-state index < -0.39 is 23.2 Å². The van der Waals surface area contributed by atoms with Gasteiger partial charge in [0.15, 0.2) is 17.5 Å². The monoisotopic (exact) mass is 520 g/mol. The van der Waals surface area contributed by atoms with Crippen LogP contribution in [0.3, 0.4) is 0 Å². The minimum Gasteiger partial charge on any atom is -0.505 e. The Balaban J connectivity index is 0.00000300. The van der Waals surface area contributed by atoms with Crippen molar-refractivity contribution in [3.63, 3.8) is 0 Å². The zero-order valence-electron chi connectivity index (χ0n) is 16.0. The topological polar surface area (TPSA) is 59.9 Å². The van der Waals surface area contributed by atoms with Crippen molar-refractivity contribution < 1.29 is 18.3 Å². The Hall–Kier alpha value is -2.17. The van der Waals surface area contributed by atoms with Gasteiger partial charge in [-0.25, -0.2) is 18.2 Å². The maximum atomic E-state index is 14.0. The van der Waals surface area contributed by atoms with Gasteiger partial charge in [-0.05, 0) is 43.2 Å². The lowest BCUT2D eigenvalue weighted by Gasteiger charge is -2.21. The molecule has 1 atom stereocenters. The van der Waals surface area contributed by atoms with E-state index in [1.54, 1.807) is 6.07 Å². The zero-order chi connectivity index (χ0) is 20.1. The predicted octanol–water partition coefficient (Wildman–Crippen LogP) is 3.76. The molecular weight excluding hydrogens is 496 g/mol. The average molecular weight is 520 g/mol. The van der Waals surface area contributed by atoms with Crippen molar-refractivity contribution in [1.29, 1.82) is 0 Å². The van der Waals surface area contributed by atoms with Crippen molar-refractivity contribution in [3.05, 3.63) is 59.4 Å². The van der Waals surface area contributed by atoms with E-state index in [2.05, 4.69) is 15.6 Å². The summed E-state index contributed by atoms with van der Waals surface area (Å²) in [6, 6.07) is 7.79. The number of halogens is 4. The largest absolute Gasteiger partial charge is 0.505 e. The molecule has 2 aromatic rings. The van der Waals surface area contributed by atoms with Gasteiger partial charge in [-0.3, -0.25) is 0 Å². The first-order valence-electron chi connectivity index (χ1n) is 9.18. The number of aromatic hydroxyl groups is 1. The summed E-state index contributed by atoms with van der Waals surface area (Å²) in [6.45, 7) is 4.03. The molecule has 3 rings (SSSR count). The van der Waals surface area contributed by atoms with E-state index in [-0.39, 0.29) is 36.6 Å². The minimum absolute atomic E-state index is 0. The summed E-state index contributed by atoms with van der Waals surface area (Å²) in [5.41, 5.74) is 1.01. The van der Waals surface area contributed by atoms with Crippen LogP contribution in [0.5, 0.6) is 5.75 Å². The molecule has 0 aliphatic carbocycles. The second-order valence-electron chi connectivity index (χ2n) is 6.65. The first kappa shape index (κ1) is 23.1.